The number of hydrogen-bond acceptors (Lipinski definition) is 2. The highest BCUT2D eigenvalue weighted by atomic mass is 35.5. The fourth-order valence-electron chi connectivity index (χ4n) is 1.25. The van der Waals surface area contributed by atoms with Crippen LogP contribution in [0.15, 0.2) is 18.2 Å². The number of aryl methyl sites for hydroxylation is 1. The van der Waals surface area contributed by atoms with E-state index in [2.05, 4.69) is 0 Å². The normalized spacial score (nSPS) is 10.1. The SMILES string of the molecule is CC(=O)CCC(=O)c1ccc(Cl)c(C)c1. The monoisotopic (exact) mass is 224 g/mol. The van der Waals surface area contributed by atoms with E-state index in [9.17, 15) is 9.59 Å². The Kier molecular flexibility index (Phi) is 4.04. The summed E-state index contributed by atoms with van der Waals surface area (Å²) in [5.74, 6) is 0.0269. The van der Waals surface area contributed by atoms with Gasteiger partial charge < -0.3 is 4.79 Å². The van der Waals surface area contributed by atoms with E-state index in [1.54, 1.807) is 18.2 Å². The second kappa shape index (κ2) is 5.08. The Hall–Kier alpha value is -1.15. The molecule has 0 aliphatic rings. The predicted octanol–water partition coefficient (Wildman–Crippen LogP) is 3.20. The van der Waals surface area contributed by atoms with Crippen LogP contribution >= 0.6 is 11.6 Å². The fraction of sp³-hybridized carbons (Fsp3) is 0.333. The number of rotatable bonds is 4. The Balaban J connectivity index is 2.74. The largest absolute Gasteiger partial charge is 0.300 e. The third kappa shape index (κ3) is 3.48. The minimum Gasteiger partial charge on any atom is -0.300 e. The van der Waals surface area contributed by atoms with Crippen LogP contribution in [0, 0.1) is 6.92 Å². The molecule has 0 aliphatic carbocycles. The topological polar surface area (TPSA) is 34.1 Å². The van der Waals surface area contributed by atoms with Crippen molar-refractivity contribution in [2.24, 2.45) is 0 Å². The van der Waals surface area contributed by atoms with Crippen molar-refractivity contribution >= 4 is 23.2 Å². The Morgan fingerprint density at radius 3 is 2.47 bits per heavy atom. The first-order chi connectivity index (χ1) is 7.00. The van der Waals surface area contributed by atoms with Crippen LogP contribution in [0.2, 0.25) is 5.02 Å². The van der Waals surface area contributed by atoms with Crippen molar-refractivity contribution in [3.05, 3.63) is 34.3 Å². The van der Waals surface area contributed by atoms with Gasteiger partial charge in [-0.05, 0) is 37.6 Å². The van der Waals surface area contributed by atoms with Gasteiger partial charge in [-0.3, -0.25) is 4.79 Å². The minimum atomic E-state index is -0.00929. The Labute approximate surface area is 94.2 Å². The molecule has 3 heteroatoms. The van der Waals surface area contributed by atoms with E-state index in [0.29, 0.717) is 17.0 Å². The van der Waals surface area contributed by atoms with Gasteiger partial charge in [-0.15, -0.1) is 0 Å². The first kappa shape index (κ1) is 11.9. The van der Waals surface area contributed by atoms with Crippen molar-refractivity contribution in [1.82, 2.24) is 0 Å². The average Bonchev–Trinajstić information content (AvgIpc) is 2.18. The van der Waals surface area contributed by atoms with E-state index in [1.165, 1.54) is 6.92 Å². The maximum Gasteiger partial charge on any atom is 0.163 e. The second-order valence-electron chi connectivity index (χ2n) is 3.59. The molecule has 0 saturated carbocycles. The molecule has 1 aromatic carbocycles. The van der Waals surface area contributed by atoms with E-state index >= 15 is 0 Å². The fourth-order valence-corrected chi connectivity index (χ4v) is 1.37. The maximum absolute atomic E-state index is 11.6. The highest BCUT2D eigenvalue weighted by molar-refractivity contribution is 6.31. The first-order valence-electron chi connectivity index (χ1n) is 4.79. The van der Waals surface area contributed by atoms with E-state index in [-0.39, 0.29) is 18.0 Å². The molecule has 0 amide bonds. The van der Waals surface area contributed by atoms with Crippen LogP contribution in [0.3, 0.4) is 0 Å². The summed E-state index contributed by atoms with van der Waals surface area (Å²) in [6.45, 7) is 3.34. The number of carbonyl (C=O) groups excluding carboxylic acids is 2. The first-order valence-corrected chi connectivity index (χ1v) is 5.17. The summed E-state index contributed by atoms with van der Waals surface area (Å²) in [5, 5.41) is 0.651. The summed E-state index contributed by atoms with van der Waals surface area (Å²) in [7, 11) is 0. The lowest BCUT2D eigenvalue weighted by atomic mass is 10.0. The lowest BCUT2D eigenvalue weighted by Gasteiger charge is -2.02. The maximum atomic E-state index is 11.6. The molecule has 0 radical (unpaired) electrons. The molecule has 0 atom stereocenters. The zero-order chi connectivity index (χ0) is 11.4. The highest BCUT2D eigenvalue weighted by Gasteiger charge is 2.08. The van der Waals surface area contributed by atoms with Gasteiger partial charge in [-0.1, -0.05) is 11.6 Å². The number of Topliss-reactive ketones (excluding diaryl/α,β-unsaturated/α-hetero) is 2. The van der Waals surface area contributed by atoms with Gasteiger partial charge in [-0.25, -0.2) is 0 Å². The van der Waals surface area contributed by atoms with Crippen molar-refractivity contribution in [1.29, 1.82) is 0 Å². The van der Waals surface area contributed by atoms with Crippen LogP contribution < -0.4 is 0 Å². The van der Waals surface area contributed by atoms with Gasteiger partial charge in [0.1, 0.15) is 5.78 Å². The third-order valence-electron chi connectivity index (χ3n) is 2.18. The molecule has 2 nitrogen and oxygen atoms in total. The quantitative estimate of drug-likeness (QED) is 0.736. The summed E-state index contributed by atoms with van der Waals surface area (Å²) >= 11 is 5.85. The summed E-state index contributed by atoms with van der Waals surface area (Å²) < 4.78 is 0. The molecule has 1 rings (SSSR count). The van der Waals surface area contributed by atoms with Crippen LogP contribution in [0.25, 0.3) is 0 Å². The number of hydrogen-bond donors (Lipinski definition) is 0. The molecule has 0 bridgehead atoms. The van der Waals surface area contributed by atoms with Crippen LogP contribution in [0.1, 0.15) is 35.7 Å². The lowest BCUT2D eigenvalue weighted by molar-refractivity contribution is -0.116. The van der Waals surface area contributed by atoms with Crippen molar-refractivity contribution in [3.8, 4) is 0 Å². The molecule has 0 unspecified atom stereocenters. The molecule has 0 N–H and O–H groups in total. The van der Waals surface area contributed by atoms with Gasteiger partial charge in [0.15, 0.2) is 5.78 Å². The number of carbonyl (C=O) groups is 2. The molecular formula is C12H13ClO2. The molecular weight excluding hydrogens is 212 g/mol. The lowest BCUT2D eigenvalue weighted by Crippen LogP contribution is -2.02. The third-order valence-corrected chi connectivity index (χ3v) is 2.61. The zero-order valence-corrected chi connectivity index (χ0v) is 9.60. The van der Waals surface area contributed by atoms with E-state index in [0.717, 1.165) is 5.56 Å². The zero-order valence-electron chi connectivity index (χ0n) is 8.84. The van der Waals surface area contributed by atoms with Gasteiger partial charge in [0.25, 0.3) is 0 Å². The predicted molar refractivity (Wildman–Crippen MR) is 60.4 cm³/mol. The minimum absolute atomic E-state index is 0.00929. The summed E-state index contributed by atoms with van der Waals surface area (Å²) in [6, 6.07) is 5.15. The van der Waals surface area contributed by atoms with E-state index in [4.69, 9.17) is 11.6 Å². The van der Waals surface area contributed by atoms with Crippen molar-refractivity contribution in [2.75, 3.05) is 0 Å². The highest BCUT2D eigenvalue weighted by Crippen LogP contribution is 2.17. The second-order valence-corrected chi connectivity index (χ2v) is 4.00. The van der Waals surface area contributed by atoms with E-state index in [1.807, 2.05) is 6.92 Å². The Morgan fingerprint density at radius 1 is 1.27 bits per heavy atom. The van der Waals surface area contributed by atoms with Gasteiger partial charge in [0, 0.05) is 23.4 Å². The van der Waals surface area contributed by atoms with E-state index < -0.39 is 0 Å². The van der Waals surface area contributed by atoms with Crippen molar-refractivity contribution in [2.45, 2.75) is 26.7 Å². The summed E-state index contributed by atoms with van der Waals surface area (Å²) in [5.41, 5.74) is 1.50. The van der Waals surface area contributed by atoms with Crippen LogP contribution in [-0.4, -0.2) is 11.6 Å². The molecule has 0 spiro atoms. The van der Waals surface area contributed by atoms with Gasteiger partial charge in [-0.2, -0.15) is 0 Å². The number of benzene rings is 1. The molecule has 0 fully saturated rings. The average molecular weight is 225 g/mol. The van der Waals surface area contributed by atoms with Crippen molar-refractivity contribution < 1.29 is 9.59 Å². The smallest absolute Gasteiger partial charge is 0.163 e. The number of halogens is 1. The molecule has 1 aromatic rings. The van der Waals surface area contributed by atoms with Gasteiger partial charge in [0.05, 0.1) is 0 Å². The Bertz CT molecular complexity index is 397. The molecule has 0 aliphatic heterocycles. The van der Waals surface area contributed by atoms with Gasteiger partial charge in [0.2, 0.25) is 0 Å². The molecule has 0 saturated heterocycles. The number of ketones is 2. The van der Waals surface area contributed by atoms with Crippen LogP contribution in [-0.2, 0) is 4.79 Å². The molecule has 0 aromatic heterocycles. The standard InChI is InChI=1S/C12H13ClO2/c1-8-7-10(4-5-11(8)13)12(15)6-3-9(2)14/h4-5,7H,3,6H2,1-2H3. The Morgan fingerprint density at radius 2 is 1.93 bits per heavy atom. The van der Waals surface area contributed by atoms with Gasteiger partial charge >= 0.3 is 0 Å². The van der Waals surface area contributed by atoms with Crippen molar-refractivity contribution in [3.63, 3.8) is 0 Å². The molecule has 80 valence electrons. The van der Waals surface area contributed by atoms with Crippen LogP contribution in [0.5, 0.6) is 0 Å². The molecule has 0 heterocycles. The summed E-state index contributed by atoms with van der Waals surface area (Å²) in [4.78, 5) is 22.3. The summed E-state index contributed by atoms with van der Waals surface area (Å²) in [6.07, 6.45) is 0.580. The van der Waals surface area contributed by atoms with Crippen LogP contribution in [0.4, 0.5) is 0 Å². The molecule has 15 heavy (non-hydrogen) atoms.